The maximum absolute atomic E-state index is 11.1. The van der Waals surface area contributed by atoms with E-state index in [1.165, 1.54) is 18.4 Å². The number of hydrogen-bond donors (Lipinski definition) is 1. The fourth-order valence-electron chi connectivity index (χ4n) is 0.615. The summed E-state index contributed by atoms with van der Waals surface area (Å²) in [7, 11) is 10.2. The molecule has 13 heavy (non-hydrogen) atoms. The van der Waals surface area contributed by atoms with Crippen LogP contribution >= 0.6 is 0 Å². The van der Waals surface area contributed by atoms with E-state index in [4.69, 9.17) is 20.8 Å². The molecule has 0 unspecified atom stereocenters. The number of carbonyl (C=O) groups is 1. The molecule has 0 atom stereocenters. The van der Waals surface area contributed by atoms with Crippen LogP contribution in [0.3, 0.4) is 0 Å². The molecular formula is C8H9B2NO2. The normalized spacial score (nSPS) is 11.2. The molecule has 0 aliphatic heterocycles. The van der Waals surface area contributed by atoms with E-state index >= 15 is 0 Å². The molecular weight excluding hydrogens is 164 g/mol. The average molecular weight is 173 g/mol. The summed E-state index contributed by atoms with van der Waals surface area (Å²) in [6.07, 6.45) is 5.01. The van der Waals surface area contributed by atoms with Gasteiger partial charge in [0.1, 0.15) is 15.7 Å². The van der Waals surface area contributed by atoms with Crippen LogP contribution in [0.2, 0.25) is 0 Å². The van der Waals surface area contributed by atoms with Crippen molar-refractivity contribution in [1.82, 2.24) is 4.90 Å². The summed E-state index contributed by atoms with van der Waals surface area (Å²) < 4.78 is 0. The minimum atomic E-state index is -2.23. The maximum atomic E-state index is 11.1. The number of amides is 1. The lowest BCUT2D eigenvalue weighted by atomic mass is 9.72. The average Bonchev–Trinajstić information content (AvgIpc) is 2.02. The Morgan fingerprint density at radius 2 is 2.00 bits per heavy atom. The molecule has 4 radical (unpaired) electrons. The van der Waals surface area contributed by atoms with Crippen molar-refractivity contribution in [3.8, 4) is 0 Å². The van der Waals surface area contributed by atoms with Crippen molar-refractivity contribution < 1.29 is 9.90 Å². The lowest BCUT2D eigenvalue weighted by Gasteiger charge is -2.31. The molecule has 0 aliphatic carbocycles. The second-order valence-electron chi connectivity index (χ2n) is 2.27. The van der Waals surface area contributed by atoms with Gasteiger partial charge in [-0.3, -0.25) is 4.79 Å². The summed E-state index contributed by atoms with van der Waals surface area (Å²) in [6.45, 7) is 6.62. The van der Waals surface area contributed by atoms with Gasteiger partial charge in [0, 0.05) is 6.20 Å². The number of hydrogen-bond acceptors (Lipinski definition) is 2. The van der Waals surface area contributed by atoms with E-state index in [1.54, 1.807) is 0 Å². The van der Waals surface area contributed by atoms with Crippen molar-refractivity contribution in [1.29, 1.82) is 0 Å². The molecule has 0 heterocycles. The molecule has 64 valence electrons. The van der Waals surface area contributed by atoms with Gasteiger partial charge in [-0.25, -0.2) is 0 Å². The Balaban J connectivity index is 4.75. The van der Waals surface area contributed by atoms with Crippen molar-refractivity contribution in [3.05, 3.63) is 37.6 Å². The van der Waals surface area contributed by atoms with E-state index in [9.17, 15) is 4.79 Å². The van der Waals surface area contributed by atoms with E-state index in [0.717, 1.165) is 11.0 Å². The number of aliphatic hydroxyl groups is 1. The minimum Gasteiger partial charge on any atom is -0.389 e. The Morgan fingerprint density at radius 1 is 1.46 bits per heavy atom. The lowest BCUT2D eigenvalue weighted by molar-refractivity contribution is -0.129. The minimum absolute atomic E-state index is 0.606. The molecule has 0 aromatic rings. The zero-order chi connectivity index (χ0) is 10.5. The van der Waals surface area contributed by atoms with Crippen molar-refractivity contribution in [3.63, 3.8) is 0 Å². The molecule has 0 aliphatic rings. The topological polar surface area (TPSA) is 40.5 Å². The van der Waals surface area contributed by atoms with Gasteiger partial charge in [-0.2, -0.15) is 0 Å². The van der Waals surface area contributed by atoms with Gasteiger partial charge in [-0.1, -0.05) is 19.2 Å². The number of carbonyl (C=O) groups excluding carboxylic acids is 1. The van der Waals surface area contributed by atoms with Gasteiger partial charge < -0.3 is 10.0 Å². The van der Waals surface area contributed by atoms with Crippen molar-refractivity contribution in [2.75, 3.05) is 0 Å². The van der Waals surface area contributed by atoms with Crippen molar-refractivity contribution in [2.24, 2.45) is 0 Å². The molecule has 0 aromatic heterocycles. The molecule has 0 rings (SSSR count). The Morgan fingerprint density at radius 3 is 2.31 bits per heavy atom. The largest absolute Gasteiger partial charge is 0.389 e. The Labute approximate surface area is 80.2 Å². The lowest BCUT2D eigenvalue weighted by Crippen LogP contribution is -2.49. The number of nitrogens with zero attached hydrogens (tertiary/aromatic N) is 1. The zero-order valence-electron chi connectivity index (χ0n) is 7.18. The molecule has 1 amide bonds. The highest BCUT2D eigenvalue weighted by Gasteiger charge is 2.22. The van der Waals surface area contributed by atoms with Crippen LogP contribution in [0, 0.1) is 0 Å². The summed E-state index contributed by atoms with van der Waals surface area (Å²) in [4.78, 5) is 11.8. The number of rotatable bonds is 4. The smallest absolute Gasteiger partial charge is 0.250 e. The first kappa shape index (κ1) is 11.8. The summed E-state index contributed by atoms with van der Waals surface area (Å²) in [6, 6.07) is 0. The van der Waals surface area contributed by atoms with Crippen LogP contribution in [0.25, 0.3) is 0 Å². The highest BCUT2D eigenvalue weighted by atomic mass is 16.3. The highest BCUT2D eigenvalue weighted by molar-refractivity contribution is 6.39. The standard InChI is InChI=1S/C8H9B2NO2/c1-3-5-6-11(7(12)4-2)8(9,10)13/h3-6,13H,1-2H2/b6-5-. The highest BCUT2D eigenvalue weighted by Crippen LogP contribution is 2.05. The predicted molar refractivity (Wildman–Crippen MR) is 52.8 cm³/mol. The Kier molecular flexibility index (Phi) is 4.28. The first-order chi connectivity index (χ1) is 5.93. The van der Waals surface area contributed by atoms with Gasteiger partial charge in [0.25, 0.3) is 5.91 Å². The second-order valence-corrected chi connectivity index (χ2v) is 2.27. The van der Waals surface area contributed by atoms with Crippen LogP contribution in [0.4, 0.5) is 0 Å². The van der Waals surface area contributed by atoms with E-state index in [0.29, 0.717) is 0 Å². The van der Waals surface area contributed by atoms with Crippen LogP contribution in [-0.4, -0.2) is 37.1 Å². The van der Waals surface area contributed by atoms with Gasteiger partial charge in [0.05, 0.1) is 5.52 Å². The first-order valence-corrected chi connectivity index (χ1v) is 3.48. The molecule has 0 bridgehead atoms. The van der Waals surface area contributed by atoms with Crippen LogP contribution in [-0.2, 0) is 4.79 Å². The van der Waals surface area contributed by atoms with Gasteiger partial charge in [-0.05, 0) is 12.2 Å². The third kappa shape index (κ3) is 3.80. The summed E-state index contributed by atoms with van der Waals surface area (Å²) in [5, 5.41) is 9.13. The fraction of sp³-hybridized carbons (Fsp3) is 0.125. The van der Waals surface area contributed by atoms with Gasteiger partial charge in [0.15, 0.2) is 0 Å². The number of allylic oxidation sites excluding steroid dienone is 2. The molecule has 3 nitrogen and oxygen atoms in total. The van der Waals surface area contributed by atoms with Gasteiger partial charge in [-0.15, -0.1) is 0 Å². The van der Waals surface area contributed by atoms with Crippen LogP contribution in [0.5, 0.6) is 0 Å². The SMILES string of the molecule is [B]C([B])(O)N(/C=C\C=C)C(=O)C=C. The fourth-order valence-corrected chi connectivity index (χ4v) is 0.615. The predicted octanol–water partition coefficient (Wildman–Crippen LogP) is -0.359. The third-order valence-electron chi connectivity index (χ3n) is 1.17. The molecule has 0 fully saturated rings. The Bertz CT molecular complexity index is 243. The molecule has 0 saturated carbocycles. The molecule has 0 aromatic carbocycles. The van der Waals surface area contributed by atoms with E-state index in [1.807, 2.05) is 0 Å². The molecule has 0 saturated heterocycles. The maximum Gasteiger partial charge on any atom is 0.250 e. The van der Waals surface area contributed by atoms with Crippen LogP contribution in [0.1, 0.15) is 0 Å². The van der Waals surface area contributed by atoms with E-state index in [-0.39, 0.29) is 0 Å². The van der Waals surface area contributed by atoms with Gasteiger partial charge >= 0.3 is 0 Å². The van der Waals surface area contributed by atoms with Crippen LogP contribution < -0.4 is 0 Å². The molecule has 0 spiro atoms. The van der Waals surface area contributed by atoms with E-state index in [2.05, 4.69) is 13.2 Å². The van der Waals surface area contributed by atoms with E-state index < -0.39 is 11.4 Å². The summed E-state index contributed by atoms with van der Waals surface area (Å²) >= 11 is 0. The summed E-state index contributed by atoms with van der Waals surface area (Å²) in [5.41, 5.74) is -2.23. The second kappa shape index (κ2) is 4.72. The monoisotopic (exact) mass is 173 g/mol. The van der Waals surface area contributed by atoms with Crippen LogP contribution in [0.15, 0.2) is 37.6 Å². The quantitative estimate of drug-likeness (QED) is 0.273. The molecule has 5 heteroatoms. The summed E-state index contributed by atoms with van der Waals surface area (Å²) in [5.74, 6) is -0.606. The van der Waals surface area contributed by atoms with Crippen molar-refractivity contribution in [2.45, 2.75) is 5.52 Å². The first-order valence-electron chi connectivity index (χ1n) is 3.48. The zero-order valence-corrected chi connectivity index (χ0v) is 7.18. The Hall–Kier alpha value is -1.22. The molecule has 1 N–H and O–H groups in total. The van der Waals surface area contributed by atoms with Gasteiger partial charge in [0.2, 0.25) is 0 Å². The third-order valence-corrected chi connectivity index (χ3v) is 1.17. The van der Waals surface area contributed by atoms with Crippen molar-refractivity contribution >= 4 is 21.6 Å².